The highest BCUT2D eigenvalue weighted by Gasteiger charge is 2.19. The van der Waals surface area contributed by atoms with Crippen molar-refractivity contribution in [1.29, 1.82) is 0 Å². The second-order valence-electron chi connectivity index (χ2n) is 2.16. The summed E-state index contributed by atoms with van der Waals surface area (Å²) in [5, 5.41) is -0.463. The molecule has 1 aliphatic heterocycles. The molecular weight excluding hydrogens is 187 g/mol. The Kier molecular flexibility index (Phi) is 5.56. The Labute approximate surface area is 76.1 Å². The molecule has 1 aliphatic rings. The van der Waals surface area contributed by atoms with Gasteiger partial charge in [0, 0.05) is 5.57 Å². The number of carbonyl (C=O) groups excluding carboxylic acids is 1. The molecule has 0 bridgehead atoms. The molecular formula is C7H10Cl2O2. The van der Waals surface area contributed by atoms with Crippen LogP contribution >= 0.6 is 23.2 Å². The number of epoxide rings is 1. The average Bonchev–Trinajstić information content (AvgIpc) is 2.70. The van der Waals surface area contributed by atoms with Crippen LogP contribution in [0.4, 0.5) is 0 Å². The van der Waals surface area contributed by atoms with E-state index in [2.05, 4.69) is 6.58 Å². The summed E-state index contributed by atoms with van der Waals surface area (Å²) in [7, 11) is 0. The van der Waals surface area contributed by atoms with Gasteiger partial charge in [-0.15, -0.1) is 11.6 Å². The fourth-order valence-corrected chi connectivity index (χ4v) is 0.335. The highest BCUT2D eigenvalue weighted by molar-refractivity contribution is 6.67. The van der Waals surface area contributed by atoms with Crippen molar-refractivity contribution < 1.29 is 9.53 Å². The molecule has 1 fully saturated rings. The summed E-state index contributed by atoms with van der Waals surface area (Å²) in [5.74, 6) is 0.667. The van der Waals surface area contributed by atoms with Crippen LogP contribution in [0.2, 0.25) is 0 Å². The van der Waals surface area contributed by atoms with Crippen molar-refractivity contribution in [3.63, 3.8) is 0 Å². The Morgan fingerprint density at radius 1 is 1.82 bits per heavy atom. The van der Waals surface area contributed by atoms with E-state index < -0.39 is 5.24 Å². The molecule has 1 saturated heterocycles. The van der Waals surface area contributed by atoms with Gasteiger partial charge in [0.05, 0.1) is 18.6 Å². The van der Waals surface area contributed by atoms with Gasteiger partial charge in [-0.05, 0) is 18.5 Å². The quantitative estimate of drug-likeness (QED) is 0.293. The van der Waals surface area contributed by atoms with Crippen LogP contribution < -0.4 is 0 Å². The first kappa shape index (κ1) is 11.0. The third kappa shape index (κ3) is 7.85. The first-order valence-corrected chi connectivity index (χ1v) is 4.02. The molecule has 1 rings (SSSR count). The molecule has 0 spiro atoms. The van der Waals surface area contributed by atoms with Crippen LogP contribution in [0.15, 0.2) is 12.2 Å². The molecule has 2 nitrogen and oxygen atoms in total. The number of alkyl halides is 1. The zero-order valence-electron chi connectivity index (χ0n) is 6.27. The average molecular weight is 197 g/mol. The van der Waals surface area contributed by atoms with Crippen LogP contribution in [0.3, 0.4) is 0 Å². The third-order valence-electron chi connectivity index (χ3n) is 0.910. The summed E-state index contributed by atoms with van der Waals surface area (Å²) in [5.41, 5.74) is 0.386. The van der Waals surface area contributed by atoms with E-state index in [1.54, 1.807) is 6.92 Å². The maximum absolute atomic E-state index is 9.81. The number of carbonyl (C=O) groups is 1. The summed E-state index contributed by atoms with van der Waals surface area (Å²) in [6.45, 7) is 5.72. The van der Waals surface area contributed by atoms with E-state index >= 15 is 0 Å². The first-order valence-electron chi connectivity index (χ1n) is 3.10. The monoisotopic (exact) mass is 196 g/mol. The van der Waals surface area contributed by atoms with Crippen LogP contribution in [0.1, 0.15) is 6.92 Å². The minimum atomic E-state index is -0.463. The molecule has 0 amide bonds. The molecule has 0 radical (unpaired) electrons. The second kappa shape index (κ2) is 5.58. The molecule has 0 aromatic rings. The molecule has 1 heterocycles. The van der Waals surface area contributed by atoms with Gasteiger partial charge in [-0.3, -0.25) is 4.79 Å². The minimum Gasteiger partial charge on any atom is -0.372 e. The van der Waals surface area contributed by atoms with Gasteiger partial charge in [-0.25, -0.2) is 0 Å². The zero-order valence-corrected chi connectivity index (χ0v) is 7.78. The van der Waals surface area contributed by atoms with E-state index in [0.29, 0.717) is 17.6 Å². The standard InChI is InChI=1S/C4H5ClO.C3H5ClO/c1-3(2)4(5)6;4-1-3-2-5-3/h1H2,2H3;3H,1-2H2. The summed E-state index contributed by atoms with van der Waals surface area (Å²) in [4.78, 5) is 9.81. The highest BCUT2D eigenvalue weighted by Crippen LogP contribution is 2.08. The van der Waals surface area contributed by atoms with E-state index in [0.717, 1.165) is 6.61 Å². The number of rotatable bonds is 2. The molecule has 0 N–H and O–H groups in total. The van der Waals surface area contributed by atoms with Gasteiger partial charge in [0.2, 0.25) is 5.24 Å². The van der Waals surface area contributed by atoms with E-state index in [1.165, 1.54) is 0 Å². The number of halogens is 2. The van der Waals surface area contributed by atoms with Crippen molar-refractivity contribution in [2.75, 3.05) is 12.5 Å². The Hall–Kier alpha value is -0.0500. The van der Waals surface area contributed by atoms with Gasteiger partial charge in [-0.1, -0.05) is 6.58 Å². The molecule has 64 valence electrons. The molecule has 1 unspecified atom stereocenters. The number of allylic oxidation sites excluding steroid dienone is 1. The fourth-order valence-electron chi connectivity index (χ4n) is 0.157. The Bertz CT molecular complexity index is 141. The zero-order chi connectivity index (χ0) is 8.85. The van der Waals surface area contributed by atoms with Crippen molar-refractivity contribution in [3.8, 4) is 0 Å². The number of hydrogen-bond acceptors (Lipinski definition) is 2. The van der Waals surface area contributed by atoms with Crippen molar-refractivity contribution in [2.45, 2.75) is 13.0 Å². The normalized spacial score (nSPS) is 19.7. The molecule has 4 heteroatoms. The Morgan fingerprint density at radius 3 is 2.18 bits per heavy atom. The van der Waals surface area contributed by atoms with E-state index in [4.69, 9.17) is 27.9 Å². The van der Waals surface area contributed by atoms with Crippen LogP contribution in [0.5, 0.6) is 0 Å². The molecule has 11 heavy (non-hydrogen) atoms. The summed E-state index contributed by atoms with van der Waals surface area (Å²) < 4.78 is 4.73. The predicted octanol–water partition coefficient (Wildman–Crippen LogP) is 1.95. The summed E-state index contributed by atoms with van der Waals surface area (Å²) in [6.07, 6.45) is 0.400. The van der Waals surface area contributed by atoms with Gasteiger partial charge in [0.25, 0.3) is 0 Å². The van der Waals surface area contributed by atoms with Crippen LogP contribution in [0.25, 0.3) is 0 Å². The van der Waals surface area contributed by atoms with Crippen molar-refractivity contribution in [3.05, 3.63) is 12.2 Å². The largest absolute Gasteiger partial charge is 0.372 e. The van der Waals surface area contributed by atoms with E-state index in [9.17, 15) is 4.79 Å². The van der Waals surface area contributed by atoms with Gasteiger partial charge >= 0.3 is 0 Å². The van der Waals surface area contributed by atoms with Gasteiger partial charge in [0.15, 0.2) is 0 Å². The van der Waals surface area contributed by atoms with Crippen molar-refractivity contribution in [2.24, 2.45) is 0 Å². The van der Waals surface area contributed by atoms with Crippen LogP contribution in [-0.2, 0) is 9.53 Å². The third-order valence-corrected chi connectivity index (χ3v) is 1.58. The van der Waals surface area contributed by atoms with E-state index in [1.807, 2.05) is 0 Å². The maximum atomic E-state index is 9.81. The van der Waals surface area contributed by atoms with Crippen LogP contribution in [-0.4, -0.2) is 23.8 Å². The summed E-state index contributed by atoms with van der Waals surface area (Å²) >= 11 is 10.1. The van der Waals surface area contributed by atoms with Gasteiger partial charge in [0.1, 0.15) is 0 Å². The van der Waals surface area contributed by atoms with Crippen molar-refractivity contribution >= 4 is 28.4 Å². The lowest BCUT2D eigenvalue weighted by Gasteiger charge is -1.77. The first-order chi connectivity index (χ1) is 5.07. The fraction of sp³-hybridized carbons (Fsp3) is 0.571. The lowest BCUT2D eigenvalue weighted by atomic mass is 10.4. The van der Waals surface area contributed by atoms with Gasteiger partial charge in [-0.2, -0.15) is 0 Å². The maximum Gasteiger partial charge on any atom is 0.247 e. The smallest absolute Gasteiger partial charge is 0.247 e. The Balaban J connectivity index is 0.000000183. The molecule has 1 atom stereocenters. The minimum absolute atomic E-state index is 0.386. The molecule has 0 aliphatic carbocycles. The SMILES string of the molecule is C=C(C)C(=O)Cl.ClCC1CO1. The molecule has 0 aromatic heterocycles. The number of ether oxygens (including phenoxy) is 1. The van der Waals surface area contributed by atoms with Crippen molar-refractivity contribution in [1.82, 2.24) is 0 Å². The van der Waals surface area contributed by atoms with Gasteiger partial charge < -0.3 is 4.74 Å². The molecule has 0 saturated carbocycles. The summed E-state index contributed by atoms with van der Waals surface area (Å²) in [6, 6.07) is 0. The Morgan fingerprint density at radius 2 is 2.18 bits per heavy atom. The van der Waals surface area contributed by atoms with E-state index in [-0.39, 0.29) is 0 Å². The lowest BCUT2D eigenvalue weighted by Crippen LogP contribution is -1.81. The number of hydrogen-bond donors (Lipinski definition) is 0. The highest BCUT2D eigenvalue weighted by atomic mass is 35.5. The second-order valence-corrected chi connectivity index (χ2v) is 2.82. The lowest BCUT2D eigenvalue weighted by molar-refractivity contribution is -0.108. The molecule has 0 aromatic carbocycles. The topological polar surface area (TPSA) is 29.6 Å². The van der Waals surface area contributed by atoms with Crippen LogP contribution in [0, 0.1) is 0 Å². The predicted molar refractivity (Wildman–Crippen MR) is 46.1 cm³/mol.